The Morgan fingerprint density at radius 3 is 2.27 bits per heavy atom. The minimum absolute atomic E-state index is 0.0701. The van der Waals surface area contributed by atoms with Crippen LogP contribution in [0, 0.1) is 17.6 Å². The van der Waals surface area contributed by atoms with E-state index in [-0.39, 0.29) is 12.3 Å². The fourth-order valence-corrected chi connectivity index (χ4v) is 3.02. The van der Waals surface area contributed by atoms with Crippen molar-refractivity contribution < 1.29 is 28.4 Å². The van der Waals surface area contributed by atoms with Crippen molar-refractivity contribution in [3.63, 3.8) is 0 Å². The molecule has 2 aromatic rings. The van der Waals surface area contributed by atoms with Gasteiger partial charge in [0.1, 0.15) is 6.04 Å². The number of carbonyl (C=O) groups excluding carboxylic acids is 2. The Morgan fingerprint density at radius 1 is 1.00 bits per heavy atom. The molecule has 0 aliphatic rings. The van der Waals surface area contributed by atoms with Crippen LogP contribution in [-0.2, 0) is 11.2 Å². The van der Waals surface area contributed by atoms with Crippen LogP contribution in [0.2, 0.25) is 0 Å². The average molecular weight is 418 g/mol. The van der Waals surface area contributed by atoms with E-state index in [1.165, 1.54) is 6.07 Å². The Labute approximate surface area is 174 Å². The van der Waals surface area contributed by atoms with E-state index in [2.05, 4.69) is 10.6 Å². The van der Waals surface area contributed by atoms with E-state index in [1.807, 2.05) is 13.8 Å². The fourth-order valence-electron chi connectivity index (χ4n) is 3.02. The lowest BCUT2D eigenvalue weighted by Crippen LogP contribution is -2.55. The molecule has 30 heavy (non-hydrogen) atoms. The number of nitrogens with one attached hydrogen (secondary N) is 2. The number of carbonyl (C=O) groups is 2. The molecule has 0 saturated heterocycles. The van der Waals surface area contributed by atoms with Gasteiger partial charge in [0.25, 0.3) is 5.91 Å². The molecule has 2 aromatic carbocycles. The molecule has 0 fully saturated rings. The maximum Gasteiger partial charge on any atom is 0.475 e. The van der Waals surface area contributed by atoms with Crippen LogP contribution < -0.4 is 10.6 Å². The van der Waals surface area contributed by atoms with E-state index in [4.69, 9.17) is 0 Å². The summed E-state index contributed by atoms with van der Waals surface area (Å²) in [4.78, 5) is 25.4. The first-order valence-corrected chi connectivity index (χ1v) is 9.64. The van der Waals surface area contributed by atoms with Crippen molar-refractivity contribution in [2.45, 2.75) is 38.7 Å². The molecule has 9 heteroatoms. The lowest BCUT2D eigenvalue weighted by molar-refractivity contribution is -0.123. The van der Waals surface area contributed by atoms with Crippen LogP contribution in [0.4, 0.5) is 8.78 Å². The number of rotatable bonds is 9. The lowest BCUT2D eigenvalue weighted by atomic mass is 9.75. The van der Waals surface area contributed by atoms with Crippen molar-refractivity contribution in [3.8, 4) is 0 Å². The molecule has 0 radical (unpaired) electrons. The Bertz CT molecular complexity index is 865. The van der Waals surface area contributed by atoms with Gasteiger partial charge in [0.2, 0.25) is 5.91 Å². The van der Waals surface area contributed by atoms with Crippen molar-refractivity contribution in [1.29, 1.82) is 0 Å². The third-order valence-electron chi connectivity index (χ3n) is 4.51. The Balaban J connectivity index is 2.24. The maximum atomic E-state index is 14.0. The van der Waals surface area contributed by atoms with E-state index in [1.54, 1.807) is 30.3 Å². The second kappa shape index (κ2) is 10.8. The van der Waals surface area contributed by atoms with E-state index < -0.39 is 48.1 Å². The zero-order valence-corrected chi connectivity index (χ0v) is 16.8. The Hall–Kier alpha value is -2.78. The molecule has 0 bridgehead atoms. The highest BCUT2D eigenvalue weighted by Crippen LogP contribution is 2.13. The van der Waals surface area contributed by atoms with Crippen LogP contribution in [0.15, 0.2) is 48.5 Å². The van der Waals surface area contributed by atoms with Gasteiger partial charge in [-0.05, 0) is 30.0 Å². The predicted octanol–water partition coefficient (Wildman–Crippen LogP) is 1.85. The third kappa shape index (κ3) is 6.64. The molecule has 0 heterocycles. The van der Waals surface area contributed by atoms with E-state index in [0.29, 0.717) is 6.42 Å². The third-order valence-corrected chi connectivity index (χ3v) is 4.51. The molecule has 4 N–H and O–H groups in total. The summed E-state index contributed by atoms with van der Waals surface area (Å²) in [5.74, 6) is -4.97. The van der Waals surface area contributed by atoms with Crippen molar-refractivity contribution >= 4 is 18.9 Å². The summed E-state index contributed by atoms with van der Waals surface area (Å²) < 4.78 is 27.5. The number of benzene rings is 2. The van der Waals surface area contributed by atoms with Gasteiger partial charge >= 0.3 is 7.12 Å². The van der Waals surface area contributed by atoms with Gasteiger partial charge in [-0.15, -0.1) is 0 Å². The van der Waals surface area contributed by atoms with Gasteiger partial charge < -0.3 is 20.7 Å². The van der Waals surface area contributed by atoms with Gasteiger partial charge in [-0.3, -0.25) is 9.59 Å². The lowest BCUT2D eigenvalue weighted by Gasteiger charge is -2.24. The average Bonchev–Trinajstić information content (AvgIpc) is 2.69. The van der Waals surface area contributed by atoms with Gasteiger partial charge in [-0.1, -0.05) is 50.2 Å². The standard InChI is InChI=1S/C21H25BF2N2O4/c1-13(2)11-18(22(29)30)26-21(28)17(12-14-7-4-3-5-8-14)25-20(27)15-9-6-10-16(23)19(15)24/h3-10,13,17-18,29-30H,11-12H2,1-2H3,(H,25,27)(H,26,28)/t17-,18-/m0/s1. The summed E-state index contributed by atoms with van der Waals surface area (Å²) >= 11 is 0. The van der Waals surface area contributed by atoms with Crippen molar-refractivity contribution in [1.82, 2.24) is 10.6 Å². The van der Waals surface area contributed by atoms with Crippen LogP contribution in [-0.4, -0.2) is 41.0 Å². The molecule has 0 aliphatic carbocycles. The summed E-state index contributed by atoms with van der Waals surface area (Å²) in [7, 11) is -1.79. The highest BCUT2D eigenvalue weighted by molar-refractivity contribution is 6.43. The molecular formula is C21H25BF2N2O4. The van der Waals surface area contributed by atoms with E-state index >= 15 is 0 Å². The van der Waals surface area contributed by atoms with Crippen LogP contribution in [0.1, 0.15) is 36.2 Å². The van der Waals surface area contributed by atoms with Crippen LogP contribution in [0.3, 0.4) is 0 Å². The van der Waals surface area contributed by atoms with Crippen LogP contribution in [0.5, 0.6) is 0 Å². The SMILES string of the molecule is CC(C)C[C@H](NC(=O)[C@H](Cc1ccccc1)NC(=O)c1cccc(F)c1F)B(O)O. The molecule has 0 spiro atoms. The number of hydrogen-bond donors (Lipinski definition) is 4. The Morgan fingerprint density at radius 2 is 1.67 bits per heavy atom. The second-order valence-electron chi connectivity index (χ2n) is 7.48. The zero-order valence-electron chi connectivity index (χ0n) is 16.8. The van der Waals surface area contributed by atoms with Gasteiger partial charge in [-0.2, -0.15) is 0 Å². The van der Waals surface area contributed by atoms with Crippen LogP contribution >= 0.6 is 0 Å². The first-order chi connectivity index (χ1) is 14.2. The number of amides is 2. The molecule has 0 aliphatic heterocycles. The van der Waals surface area contributed by atoms with Crippen LogP contribution in [0.25, 0.3) is 0 Å². The molecular weight excluding hydrogens is 393 g/mol. The molecule has 6 nitrogen and oxygen atoms in total. The van der Waals surface area contributed by atoms with Gasteiger partial charge in [0.05, 0.1) is 11.5 Å². The zero-order chi connectivity index (χ0) is 22.3. The normalized spacial score (nSPS) is 12.9. The quantitative estimate of drug-likeness (QED) is 0.468. The summed E-state index contributed by atoms with van der Waals surface area (Å²) in [6.07, 6.45) is 0.374. The summed E-state index contributed by atoms with van der Waals surface area (Å²) in [5.41, 5.74) is 0.199. The summed E-state index contributed by atoms with van der Waals surface area (Å²) in [6.45, 7) is 3.72. The monoisotopic (exact) mass is 418 g/mol. The fraction of sp³-hybridized carbons (Fsp3) is 0.333. The minimum atomic E-state index is -1.79. The number of halogens is 2. The molecule has 0 saturated carbocycles. The van der Waals surface area contributed by atoms with E-state index in [9.17, 15) is 28.4 Å². The smallest absolute Gasteiger partial charge is 0.426 e. The van der Waals surface area contributed by atoms with Gasteiger partial charge in [0.15, 0.2) is 11.6 Å². The molecule has 0 unspecified atom stereocenters. The predicted molar refractivity (Wildman–Crippen MR) is 109 cm³/mol. The summed E-state index contributed by atoms with van der Waals surface area (Å²) in [6, 6.07) is 10.9. The molecule has 2 amide bonds. The van der Waals surface area contributed by atoms with Gasteiger partial charge in [-0.25, -0.2) is 8.78 Å². The maximum absolute atomic E-state index is 14.0. The molecule has 0 aromatic heterocycles. The highest BCUT2D eigenvalue weighted by atomic mass is 19.2. The van der Waals surface area contributed by atoms with Gasteiger partial charge in [0, 0.05) is 6.42 Å². The highest BCUT2D eigenvalue weighted by Gasteiger charge is 2.30. The van der Waals surface area contributed by atoms with Crippen molar-refractivity contribution in [2.75, 3.05) is 0 Å². The molecule has 2 atom stereocenters. The summed E-state index contributed by atoms with van der Waals surface area (Å²) in [5, 5.41) is 24.1. The van der Waals surface area contributed by atoms with Crippen molar-refractivity contribution in [2.24, 2.45) is 5.92 Å². The van der Waals surface area contributed by atoms with E-state index in [0.717, 1.165) is 17.7 Å². The first-order valence-electron chi connectivity index (χ1n) is 9.64. The Kier molecular flexibility index (Phi) is 8.50. The van der Waals surface area contributed by atoms with Crippen molar-refractivity contribution in [3.05, 3.63) is 71.3 Å². The molecule has 160 valence electrons. The molecule has 2 rings (SSSR count). The minimum Gasteiger partial charge on any atom is -0.426 e. The topological polar surface area (TPSA) is 98.7 Å². The first kappa shape index (κ1) is 23.5. The second-order valence-corrected chi connectivity index (χ2v) is 7.48. The largest absolute Gasteiger partial charge is 0.475 e. The number of hydrogen-bond acceptors (Lipinski definition) is 4.